The molecule has 0 spiro atoms. The number of hydrogen-bond acceptors (Lipinski definition) is 8. The van der Waals surface area contributed by atoms with Gasteiger partial charge in [-0.3, -0.25) is 9.78 Å². The second kappa shape index (κ2) is 12.4. The maximum absolute atomic E-state index is 14.3. The van der Waals surface area contributed by atoms with Crippen molar-refractivity contribution >= 4 is 34.5 Å². The number of nitrogens with zero attached hydrogens (tertiary/aromatic N) is 4. The van der Waals surface area contributed by atoms with Crippen molar-refractivity contribution in [3.63, 3.8) is 0 Å². The van der Waals surface area contributed by atoms with E-state index in [0.717, 1.165) is 36.1 Å². The number of hydrogen-bond donors (Lipinski definition) is 2. The Kier molecular flexibility index (Phi) is 9.06. The quantitative estimate of drug-likeness (QED) is 0.489. The van der Waals surface area contributed by atoms with Gasteiger partial charge in [0, 0.05) is 31.3 Å². The van der Waals surface area contributed by atoms with Gasteiger partial charge >= 0.3 is 0 Å². The molecule has 1 unspecified atom stereocenters. The van der Waals surface area contributed by atoms with Crippen LogP contribution in [0.15, 0.2) is 35.4 Å². The maximum Gasteiger partial charge on any atom is 0.235 e. The maximum atomic E-state index is 14.3. The van der Waals surface area contributed by atoms with Crippen molar-refractivity contribution in [2.45, 2.75) is 44.0 Å². The fourth-order valence-corrected chi connectivity index (χ4v) is 5.33. The van der Waals surface area contributed by atoms with Crippen LogP contribution in [0.5, 0.6) is 5.88 Å². The Balaban J connectivity index is 0.000000197. The number of carbonyl (C=O) groups excluding carboxylic acids is 1. The number of pyridine rings is 3. The van der Waals surface area contributed by atoms with Crippen molar-refractivity contribution in [1.82, 2.24) is 19.9 Å². The van der Waals surface area contributed by atoms with E-state index in [2.05, 4.69) is 32.1 Å². The van der Waals surface area contributed by atoms with Crippen molar-refractivity contribution in [2.24, 2.45) is 11.7 Å². The van der Waals surface area contributed by atoms with Crippen molar-refractivity contribution in [2.75, 3.05) is 37.8 Å². The molecule has 1 atom stereocenters. The lowest BCUT2D eigenvalue weighted by molar-refractivity contribution is -0.113. The minimum Gasteiger partial charge on any atom is -0.481 e. The SMILES string of the molecule is CCCC1CCN(CCc2c(F)cnc3ccc(OC)nc23)C1.NCc1ccc2c(n1)NC(=O)CS2. The Bertz CT molecular complexity index is 1210. The smallest absolute Gasteiger partial charge is 0.235 e. The van der Waals surface area contributed by atoms with Gasteiger partial charge in [-0.15, -0.1) is 11.8 Å². The van der Waals surface area contributed by atoms with Crippen molar-refractivity contribution in [3.8, 4) is 5.88 Å². The summed E-state index contributed by atoms with van der Waals surface area (Å²) in [7, 11) is 1.57. The molecule has 3 N–H and O–H groups in total. The number of likely N-dealkylation sites (tertiary alicyclic amines) is 1. The normalized spacial score (nSPS) is 17.3. The van der Waals surface area contributed by atoms with Crippen LogP contribution >= 0.6 is 11.8 Å². The Morgan fingerprint density at radius 2 is 2.14 bits per heavy atom. The zero-order chi connectivity index (χ0) is 25.5. The van der Waals surface area contributed by atoms with Gasteiger partial charge in [-0.05, 0) is 49.9 Å². The van der Waals surface area contributed by atoms with Crippen LogP contribution in [0.25, 0.3) is 11.0 Å². The van der Waals surface area contributed by atoms with Crippen LogP contribution in [0.2, 0.25) is 0 Å². The number of ether oxygens (including phenoxy) is 1. The summed E-state index contributed by atoms with van der Waals surface area (Å²) in [6.07, 6.45) is 5.76. The van der Waals surface area contributed by atoms with E-state index in [1.54, 1.807) is 13.2 Å². The third-order valence-corrected chi connectivity index (χ3v) is 7.48. The summed E-state index contributed by atoms with van der Waals surface area (Å²) in [5.41, 5.74) is 8.21. The summed E-state index contributed by atoms with van der Waals surface area (Å²) < 4.78 is 19.4. The molecule has 0 aromatic carbocycles. The van der Waals surface area contributed by atoms with E-state index in [0.29, 0.717) is 47.0 Å². The summed E-state index contributed by atoms with van der Waals surface area (Å²) in [5.74, 6) is 2.13. The predicted molar refractivity (Wildman–Crippen MR) is 141 cm³/mol. The first-order valence-corrected chi connectivity index (χ1v) is 13.3. The summed E-state index contributed by atoms with van der Waals surface area (Å²) in [4.78, 5) is 27.2. The molecule has 0 radical (unpaired) electrons. The number of halogens is 1. The molecule has 0 aliphatic carbocycles. The van der Waals surface area contributed by atoms with E-state index in [1.165, 1.54) is 37.2 Å². The van der Waals surface area contributed by atoms with Crippen molar-refractivity contribution in [3.05, 3.63) is 47.5 Å². The van der Waals surface area contributed by atoms with E-state index in [1.807, 2.05) is 18.2 Å². The van der Waals surface area contributed by atoms with Crippen LogP contribution < -0.4 is 15.8 Å². The van der Waals surface area contributed by atoms with Crippen LogP contribution in [0, 0.1) is 11.7 Å². The number of rotatable bonds is 7. The number of aromatic nitrogens is 3. The summed E-state index contributed by atoms with van der Waals surface area (Å²) >= 11 is 1.50. The van der Waals surface area contributed by atoms with Gasteiger partial charge < -0.3 is 20.7 Å². The molecule has 3 aromatic heterocycles. The zero-order valence-corrected chi connectivity index (χ0v) is 21.6. The first-order valence-electron chi connectivity index (χ1n) is 12.3. The van der Waals surface area contributed by atoms with Crippen LogP contribution in [-0.2, 0) is 17.8 Å². The monoisotopic (exact) mass is 512 g/mol. The number of amides is 1. The standard InChI is InChI=1S/C18H24FN3O.C8H9N3OS/c1-3-4-13-7-9-22(12-13)10-8-14-15(19)11-20-16-5-6-17(23-2)21-18(14)16;9-3-5-1-2-6-8(10-5)11-7(12)4-13-6/h5-6,11,13H,3-4,7-10,12H2,1-2H3;1-2H,3-4,9H2,(H,10,11,12). The highest BCUT2D eigenvalue weighted by atomic mass is 32.2. The fraction of sp³-hybridized carbons (Fsp3) is 0.462. The van der Waals surface area contributed by atoms with Crippen LogP contribution in [0.3, 0.4) is 0 Å². The number of nitrogens with two attached hydrogens (primary N) is 1. The van der Waals surface area contributed by atoms with Crippen LogP contribution in [0.1, 0.15) is 37.4 Å². The van der Waals surface area contributed by atoms with Gasteiger partial charge in [0.15, 0.2) is 0 Å². The minimum absolute atomic E-state index is 0.000767. The van der Waals surface area contributed by atoms with Crippen LogP contribution in [0.4, 0.5) is 10.2 Å². The highest BCUT2D eigenvalue weighted by Gasteiger charge is 2.22. The summed E-state index contributed by atoms with van der Waals surface area (Å²) in [6, 6.07) is 7.40. The molecule has 1 saturated heterocycles. The molecular formula is C26H33FN6O2S. The van der Waals surface area contributed by atoms with Gasteiger partial charge in [0.25, 0.3) is 0 Å². The largest absolute Gasteiger partial charge is 0.481 e. The Morgan fingerprint density at radius 1 is 1.28 bits per heavy atom. The zero-order valence-electron chi connectivity index (χ0n) is 20.8. The van der Waals surface area contributed by atoms with Gasteiger partial charge in [-0.25, -0.2) is 14.4 Å². The molecule has 10 heteroatoms. The topological polar surface area (TPSA) is 106 Å². The third-order valence-electron chi connectivity index (χ3n) is 6.44. The molecule has 0 saturated carbocycles. The van der Waals surface area contributed by atoms with E-state index >= 15 is 0 Å². The molecule has 36 heavy (non-hydrogen) atoms. The lowest BCUT2D eigenvalue weighted by atomic mass is 10.0. The molecule has 5 rings (SSSR count). The number of anilines is 1. The van der Waals surface area contributed by atoms with Crippen molar-refractivity contribution < 1.29 is 13.9 Å². The first-order chi connectivity index (χ1) is 17.5. The highest BCUT2D eigenvalue weighted by molar-refractivity contribution is 8.00. The Labute approximate surface area is 215 Å². The molecule has 1 fully saturated rings. The van der Waals surface area contributed by atoms with Crippen LogP contribution in [-0.4, -0.2) is 58.3 Å². The van der Waals surface area contributed by atoms with E-state index in [9.17, 15) is 9.18 Å². The Hall–Kier alpha value is -2.82. The molecule has 5 heterocycles. The van der Waals surface area contributed by atoms with Gasteiger partial charge in [0.1, 0.15) is 11.6 Å². The summed E-state index contributed by atoms with van der Waals surface area (Å²) in [5, 5.41) is 2.71. The molecule has 2 aliphatic rings. The molecule has 1 amide bonds. The molecule has 0 bridgehead atoms. The van der Waals surface area contributed by atoms with E-state index in [-0.39, 0.29) is 11.7 Å². The predicted octanol–water partition coefficient (Wildman–Crippen LogP) is 4.03. The van der Waals surface area contributed by atoms with Gasteiger partial charge in [0.2, 0.25) is 11.8 Å². The molecule has 192 valence electrons. The van der Waals surface area contributed by atoms with Gasteiger partial charge in [-0.1, -0.05) is 13.3 Å². The number of methoxy groups -OCH3 is 1. The lowest BCUT2D eigenvalue weighted by Gasteiger charge is -2.16. The molecule has 3 aromatic rings. The van der Waals surface area contributed by atoms with Gasteiger partial charge in [-0.2, -0.15) is 0 Å². The fourth-order valence-electron chi connectivity index (χ4n) is 4.58. The number of nitrogens with one attached hydrogen (secondary N) is 1. The van der Waals surface area contributed by atoms with Gasteiger partial charge in [0.05, 0.1) is 40.7 Å². The minimum atomic E-state index is -0.275. The molecule has 2 aliphatic heterocycles. The molecular weight excluding hydrogens is 479 g/mol. The Morgan fingerprint density at radius 3 is 2.92 bits per heavy atom. The average molecular weight is 513 g/mol. The summed E-state index contributed by atoms with van der Waals surface area (Å²) in [6.45, 7) is 5.75. The highest BCUT2D eigenvalue weighted by Crippen LogP contribution is 2.29. The average Bonchev–Trinajstić information content (AvgIpc) is 3.35. The number of fused-ring (bicyclic) bond motifs is 2. The second-order valence-electron chi connectivity index (χ2n) is 8.99. The number of carbonyl (C=O) groups is 1. The molecule has 8 nitrogen and oxygen atoms in total. The number of thioether (sulfide) groups is 1. The van der Waals surface area contributed by atoms with E-state index in [4.69, 9.17) is 10.5 Å². The van der Waals surface area contributed by atoms with E-state index < -0.39 is 0 Å². The third kappa shape index (κ3) is 6.48. The second-order valence-corrected chi connectivity index (χ2v) is 10.0. The first kappa shape index (κ1) is 26.2. The lowest BCUT2D eigenvalue weighted by Crippen LogP contribution is -2.24. The van der Waals surface area contributed by atoms with Crippen molar-refractivity contribution in [1.29, 1.82) is 0 Å².